The van der Waals surface area contributed by atoms with Crippen molar-refractivity contribution >= 4 is 11.4 Å². The zero-order valence-corrected chi connectivity index (χ0v) is 12.0. The summed E-state index contributed by atoms with van der Waals surface area (Å²) in [5.74, 6) is 0.480. The Labute approximate surface area is 121 Å². The second-order valence-electron chi connectivity index (χ2n) is 5.64. The number of nitro benzene ring substituents is 1. The quantitative estimate of drug-likeness (QED) is 0.687. The molecule has 0 fully saturated rings. The lowest BCUT2D eigenvalue weighted by atomic mass is 9.94. The third-order valence-electron chi connectivity index (χ3n) is 2.89. The summed E-state index contributed by atoms with van der Waals surface area (Å²) in [7, 11) is 0. The molecule has 1 heterocycles. The van der Waals surface area contributed by atoms with Crippen LogP contribution in [0.25, 0.3) is 0 Å². The molecule has 1 aromatic heterocycles. The van der Waals surface area contributed by atoms with Crippen molar-refractivity contribution in [3.05, 3.63) is 52.0 Å². The zero-order chi connectivity index (χ0) is 15.6. The summed E-state index contributed by atoms with van der Waals surface area (Å²) in [5.41, 5.74) is -0.274. The Hall–Kier alpha value is -2.44. The Bertz CT molecular complexity index is 662. The fourth-order valence-corrected chi connectivity index (χ4v) is 1.67. The van der Waals surface area contributed by atoms with Gasteiger partial charge in [0.15, 0.2) is 5.82 Å². The molecule has 0 saturated heterocycles. The number of benzene rings is 1. The lowest BCUT2D eigenvalue weighted by Crippen LogP contribution is -2.09. The molecule has 2 aromatic rings. The predicted molar refractivity (Wildman–Crippen MR) is 75.6 cm³/mol. The van der Waals surface area contributed by atoms with Gasteiger partial charge in [-0.3, -0.25) is 10.1 Å². The van der Waals surface area contributed by atoms with Crippen LogP contribution in [0, 0.1) is 15.9 Å². The molecule has 0 bridgehead atoms. The molecule has 1 N–H and O–H groups in total. The first-order valence-corrected chi connectivity index (χ1v) is 6.40. The van der Waals surface area contributed by atoms with Gasteiger partial charge in [0.05, 0.1) is 29.4 Å². The van der Waals surface area contributed by atoms with E-state index in [2.05, 4.69) is 10.3 Å². The van der Waals surface area contributed by atoms with Crippen molar-refractivity contribution in [3.8, 4) is 0 Å². The Kier molecular flexibility index (Phi) is 3.93. The van der Waals surface area contributed by atoms with Gasteiger partial charge in [0.1, 0.15) is 5.76 Å². The number of nitro groups is 1. The Morgan fingerprint density at radius 2 is 2.14 bits per heavy atom. The van der Waals surface area contributed by atoms with Gasteiger partial charge in [-0.05, 0) is 6.07 Å². The molecule has 0 aliphatic heterocycles. The second-order valence-corrected chi connectivity index (χ2v) is 5.64. The average Bonchev–Trinajstić information content (AvgIpc) is 2.85. The van der Waals surface area contributed by atoms with E-state index in [4.69, 9.17) is 4.42 Å². The molecule has 0 spiro atoms. The molecule has 6 nitrogen and oxygen atoms in total. The third kappa shape index (κ3) is 3.56. The van der Waals surface area contributed by atoms with E-state index in [-0.39, 0.29) is 23.3 Å². The van der Waals surface area contributed by atoms with E-state index in [9.17, 15) is 14.5 Å². The van der Waals surface area contributed by atoms with Gasteiger partial charge >= 0.3 is 0 Å². The van der Waals surface area contributed by atoms with E-state index in [1.165, 1.54) is 12.1 Å². The van der Waals surface area contributed by atoms with Crippen LogP contribution in [0.15, 0.2) is 28.8 Å². The molecular formula is C14H16FN3O3. The monoisotopic (exact) mass is 293 g/mol. The van der Waals surface area contributed by atoms with Crippen LogP contribution in [-0.4, -0.2) is 9.91 Å². The molecule has 1 aromatic carbocycles. The van der Waals surface area contributed by atoms with Gasteiger partial charge < -0.3 is 9.73 Å². The third-order valence-corrected chi connectivity index (χ3v) is 2.89. The minimum absolute atomic E-state index is 0.149. The number of hydrogen-bond acceptors (Lipinski definition) is 5. The van der Waals surface area contributed by atoms with Gasteiger partial charge in [-0.1, -0.05) is 20.8 Å². The molecule has 0 amide bonds. The number of halogens is 1. The summed E-state index contributed by atoms with van der Waals surface area (Å²) in [6.45, 7) is 6.20. The Balaban J connectivity index is 2.06. The summed E-state index contributed by atoms with van der Waals surface area (Å²) in [6, 6.07) is 3.43. The number of rotatable bonds is 4. The first-order chi connectivity index (χ1) is 9.77. The van der Waals surface area contributed by atoms with Crippen LogP contribution in [-0.2, 0) is 12.0 Å². The molecule has 21 heavy (non-hydrogen) atoms. The molecule has 0 atom stereocenters. The lowest BCUT2D eigenvalue weighted by Gasteiger charge is -2.13. The van der Waals surface area contributed by atoms with E-state index in [1.54, 1.807) is 6.20 Å². The minimum Gasteiger partial charge on any atom is -0.443 e. The van der Waals surface area contributed by atoms with Crippen molar-refractivity contribution in [2.45, 2.75) is 32.7 Å². The summed E-state index contributed by atoms with van der Waals surface area (Å²) in [6.07, 6.45) is 1.64. The number of anilines is 1. The molecule has 0 unspecified atom stereocenters. The van der Waals surface area contributed by atoms with E-state index in [0.717, 1.165) is 11.8 Å². The highest BCUT2D eigenvalue weighted by molar-refractivity contribution is 5.50. The second kappa shape index (κ2) is 5.51. The zero-order valence-electron chi connectivity index (χ0n) is 12.0. The number of nitrogens with zero attached hydrogens (tertiary/aromatic N) is 2. The first-order valence-electron chi connectivity index (χ1n) is 6.40. The van der Waals surface area contributed by atoms with Gasteiger partial charge in [-0.15, -0.1) is 0 Å². The fourth-order valence-electron chi connectivity index (χ4n) is 1.67. The van der Waals surface area contributed by atoms with Gasteiger partial charge in [0, 0.05) is 11.5 Å². The SMILES string of the molecule is CC(C)(C)c1cnc(CNc2ccc([N+](=O)[O-])cc2F)o1. The van der Waals surface area contributed by atoms with Crippen molar-refractivity contribution in [2.75, 3.05) is 5.32 Å². The number of oxazole rings is 1. The number of nitrogens with one attached hydrogen (secondary N) is 1. The van der Waals surface area contributed by atoms with Crippen LogP contribution >= 0.6 is 0 Å². The van der Waals surface area contributed by atoms with Gasteiger partial charge in [-0.25, -0.2) is 9.37 Å². The summed E-state index contributed by atoms with van der Waals surface area (Å²) < 4.78 is 19.3. The smallest absolute Gasteiger partial charge is 0.272 e. The van der Waals surface area contributed by atoms with Crippen LogP contribution in [0.5, 0.6) is 0 Å². The summed E-state index contributed by atoms with van der Waals surface area (Å²) in [5, 5.41) is 13.3. The van der Waals surface area contributed by atoms with Gasteiger partial charge in [0.25, 0.3) is 5.69 Å². The first kappa shape index (κ1) is 15.0. The van der Waals surface area contributed by atoms with E-state index in [0.29, 0.717) is 5.89 Å². The molecule has 2 rings (SSSR count). The molecule has 0 saturated carbocycles. The number of hydrogen-bond donors (Lipinski definition) is 1. The normalized spacial score (nSPS) is 11.4. The highest BCUT2D eigenvalue weighted by atomic mass is 19.1. The van der Waals surface area contributed by atoms with Crippen molar-refractivity contribution in [2.24, 2.45) is 0 Å². The standard InChI is InChI=1S/C14H16FN3O3/c1-14(2,3)12-7-17-13(21-12)8-16-11-5-4-9(18(19)20)6-10(11)15/h4-7,16H,8H2,1-3H3. The van der Waals surface area contributed by atoms with Crippen molar-refractivity contribution in [3.63, 3.8) is 0 Å². The highest BCUT2D eigenvalue weighted by Gasteiger charge is 2.19. The van der Waals surface area contributed by atoms with Crippen LogP contribution in [0.2, 0.25) is 0 Å². The van der Waals surface area contributed by atoms with Gasteiger partial charge in [0.2, 0.25) is 5.89 Å². The largest absolute Gasteiger partial charge is 0.443 e. The fraction of sp³-hybridized carbons (Fsp3) is 0.357. The maximum Gasteiger partial charge on any atom is 0.272 e. The molecular weight excluding hydrogens is 277 g/mol. The lowest BCUT2D eigenvalue weighted by molar-refractivity contribution is -0.385. The van der Waals surface area contributed by atoms with Crippen molar-refractivity contribution in [1.29, 1.82) is 0 Å². The Morgan fingerprint density at radius 3 is 2.67 bits per heavy atom. The van der Waals surface area contributed by atoms with E-state index in [1.807, 2.05) is 20.8 Å². The minimum atomic E-state index is -0.688. The van der Waals surface area contributed by atoms with Crippen molar-refractivity contribution < 1.29 is 13.7 Å². The maximum atomic E-state index is 13.7. The van der Waals surface area contributed by atoms with Crippen LogP contribution in [0.3, 0.4) is 0 Å². The van der Waals surface area contributed by atoms with Crippen LogP contribution in [0.1, 0.15) is 32.4 Å². The molecule has 0 aliphatic rings. The highest BCUT2D eigenvalue weighted by Crippen LogP contribution is 2.24. The van der Waals surface area contributed by atoms with E-state index < -0.39 is 10.7 Å². The van der Waals surface area contributed by atoms with Gasteiger partial charge in [-0.2, -0.15) is 0 Å². The Morgan fingerprint density at radius 1 is 1.43 bits per heavy atom. The summed E-state index contributed by atoms with van der Waals surface area (Å²) in [4.78, 5) is 14.0. The molecule has 112 valence electrons. The van der Waals surface area contributed by atoms with Crippen LogP contribution in [0.4, 0.5) is 15.8 Å². The molecule has 7 heteroatoms. The number of non-ortho nitro benzene ring substituents is 1. The van der Waals surface area contributed by atoms with Crippen molar-refractivity contribution in [1.82, 2.24) is 4.98 Å². The summed E-state index contributed by atoms with van der Waals surface area (Å²) >= 11 is 0. The topological polar surface area (TPSA) is 81.2 Å². The maximum absolute atomic E-state index is 13.7. The van der Waals surface area contributed by atoms with E-state index >= 15 is 0 Å². The molecule has 0 aliphatic carbocycles. The average molecular weight is 293 g/mol. The predicted octanol–water partition coefficient (Wildman–Crippen LogP) is 3.63. The number of aromatic nitrogens is 1. The van der Waals surface area contributed by atoms with Crippen LogP contribution < -0.4 is 5.32 Å². The molecule has 0 radical (unpaired) electrons.